The van der Waals surface area contributed by atoms with Crippen molar-refractivity contribution in [2.24, 2.45) is 0 Å². The topological polar surface area (TPSA) is 50.4 Å². The number of hydrogen-bond acceptors (Lipinski definition) is 5. The third-order valence-electron chi connectivity index (χ3n) is 5.77. The Morgan fingerprint density at radius 1 is 1.03 bits per heavy atom. The zero-order chi connectivity index (χ0) is 21.0. The Morgan fingerprint density at radius 3 is 2.74 bits per heavy atom. The third kappa shape index (κ3) is 3.45. The number of nitrogens with one attached hydrogen (secondary N) is 1. The summed E-state index contributed by atoms with van der Waals surface area (Å²) in [6, 6.07) is 11.3. The third-order valence-corrected chi connectivity index (χ3v) is 6.89. The minimum Gasteiger partial charge on any atom is -0.395 e. The van der Waals surface area contributed by atoms with Crippen LogP contribution in [0.15, 0.2) is 48.8 Å². The molecule has 2 aliphatic rings. The number of fused-ring (bicyclic) bond motifs is 2. The van der Waals surface area contributed by atoms with Gasteiger partial charge in [-0.25, -0.2) is 4.98 Å². The van der Waals surface area contributed by atoms with Crippen molar-refractivity contribution >= 4 is 22.4 Å². The average molecular weight is 439 g/mol. The number of hydrogen-bond donors (Lipinski definition) is 1. The van der Waals surface area contributed by atoms with Crippen LogP contribution in [0.5, 0.6) is 11.5 Å². The number of alkyl halides is 2. The van der Waals surface area contributed by atoms with Gasteiger partial charge in [0.25, 0.3) is 0 Å². The van der Waals surface area contributed by atoms with Crippen LogP contribution in [0.1, 0.15) is 17.7 Å². The van der Waals surface area contributed by atoms with Gasteiger partial charge < -0.3 is 14.5 Å². The van der Waals surface area contributed by atoms with Crippen molar-refractivity contribution in [1.29, 1.82) is 0 Å². The number of H-pyrrole nitrogens is 1. The van der Waals surface area contributed by atoms with Gasteiger partial charge in [-0.1, -0.05) is 6.07 Å². The van der Waals surface area contributed by atoms with Gasteiger partial charge in [0.2, 0.25) is 0 Å². The summed E-state index contributed by atoms with van der Waals surface area (Å²) in [4.78, 5) is 12.8. The van der Waals surface area contributed by atoms with Gasteiger partial charge in [-0.3, -0.25) is 4.90 Å². The molecule has 4 aromatic rings. The fourth-order valence-corrected chi connectivity index (χ4v) is 5.30. The first-order valence-electron chi connectivity index (χ1n) is 10.2. The van der Waals surface area contributed by atoms with Gasteiger partial charge in [0.05, 0.1) is 0 Å². The van der Waals surface area contributed by atoms with E-state index in [2.05, 4.69) is 42.5 Å². The van der Waals surface area contributed by atoms with E-state index < -0.39 is 6.29 Å². The van der Waals surface area contributed by atoms with Crippen LogP contribution in [0.2, 0.25) is 0 Å². The summed E-state index contributed by atoms with van der Waals surface area (Å²) in [6.45, 7) is 3.35. The van der Waals surface area contributed by atoms with E-state index in [0.717, 1.165) is 34.3 Å². The molecule has 5 nitrogen and oxygen atoms in total. The summed E-state index contributed by atoms with van der Waals surface area (Å²) in [5.74, 6) is 0.0716. The van der Waals surface area contributed by atoms with Crippen LogP contribution in [0.25, 0.3) is 32.6 Å². The first-order chi connectivity index (χ1) is 15.0. The normalized spacial score (nSPS) is 17.6. The van der Waals surface area contributed by atoms with Gasteiger partial charge in [0, 0.05) is 45.2 Å². The summed E-state index contributed by atoms with van der Waals surface area (Å²) in [5.41, 5.74) is 3.42. The van der Waals surface area contributed by atoms with Crippen molar-refractivity contribution in [2.45, 2.75) is 25.7 Å². The van der Waals surface area contributed by atoms with Gasteiger partial charge in [0.1, 0.15) is 5.65 Å². The molecule has 0 atom stereocenters. The summed E-state index contributed by atoms with van der Waals surface area (Å²) < 4.78 is 35.9. The van der Waals surface area contributed by atoms with Gasteiger partial charge >= 0.3 is 6.29 Å². The second kappa shape index (κ2) is 7.03. The molecule has 0 unspecified atom stereocenters. The van der Waals surface area contributed by atoms with E-state index in [4.69, 9.17) is 0 Å². The Morgan fingerprint density at radius 2 is 1.87 bits per heavy atom. The molecule has 1 fully saturated rings. The molecule has 0 radical (unpaired) electrons. The van der Waals surface area contributed by atoms with Crippen molar-refractivity contribution in [3.8, 4) is 33.1 Å². The molecular weight excluding hydrogens is 420 g/mol. The Labute approximate surface area is 181 Å². The molecule has 0 spiro atoms. The lowest BCUT2D eigenvalue weighted by Crippen LogP contribution is -2.25. The maximum atomic E-state index is 13.4. The number of halogens is 2. The lowest BCUT2D eigenvalue weighted by Gasteiger charge is -2.12. The number of nitrogens with zero attached hydrogens (tertiary/aromatic N) is 2. The number of pyridine rings is 1. The molecule has 0 saturated carbocycles. The van der Waals surface area contributed by atoms with Crippen LogP contribution >= 0.6 is 11.3 Å². The Balaban J connectivity index is 1.33. The van der Waals surface area contributed by atoms with E-state index >= 15 is 0 Å². The average Bonchev–Trinajstić information content (AvgIpc) is 3.52. The summed E-state index contributed by atoms with van der Waals surface area (Å²) >= 11 is 1.79. The summed E-state index contributed by atoms with van der Waals surface area (Å²) in [7, 11) is 0. The molecule has 0 bridgehead atoms. The number of ether oxygens (including phenoxy) is 2. The lowest BCUT2D eigenvalue weighted by molar-refractivity contribution is -0.286. The zero-order valence-electron chi connectivity index (χ0n) is 16.5. The van der Waals surface area contributed by atoms with Crippen LogP contribution in [0.3, 0.4) is 0 Å². The Hall–Kier alpha value is -2.97. The Kier molecular flexibility index (Phi) is 4.26. The molecule has 2 aliphatic heterocycles. The largest absolute Gasteiger partial charge is 0.586 e. The van der Waals surface area contributed by atoms with E-state index in [9.17, 15) is 8.78 Å². The van der Waals surface area contributed by atoms with Crippen molar-refractivity contribution in [2.75, 3.05) is 13.1 Å². The zero-order valence-corrected chi connectivity index (χ0v) is 17.3. The number of aromatic amines is 1. The monoisotopic (exact) mass is 439 g/mol. The van der Waals surface area contributed by atoms with Crippen molar-refractivity contribution in [3.05, 3.63) is 53.7 Å². The molecule has 8 heteroatoms. The van der Waals surface area contributed by atoms with E-state index in [1.54, 1.807) is 23.5 Å². The summed E-state index contributed by atoms with van der Waals surface area (Å²) in [5, 5.41) is 0.928. The molecule has 158 valence electrons. The maximum absolute atomic E-state index is 13.4. The van der Waals surface area contributed by atoms with Crippen molar-refractivity contribution in [3.63, 3.8) is 0 Å². The number of aromatic nitrogens is 2. The minimum atomic E-state index is -3.62. The number of thiophene rings is 1. The van der Waals surface area contributed by atoms with Crippen LogP contribution in [0, 0.1) is 0 Å². The smallest absolute Gasteiger partial charge is 0.395 e. The predicted octanol–water partition coefficient (Wildman–Crippen LogP) is 5.88. The van der Waals surface area contributed by atoms with E-state index in [-0.39, 0.29) is 11.5 Å². The number of rotatable bonds is 4. The van der Waals surface area contributed by atoms with Gasteiger partial charge in [-0.2, -0.15) is 0 Å². The lowest BCUT2D eigenvalue weighted by atomic mass is 10.0. The molecule has 3 aromatic heterocycles. The van der Waals surface area contributed by atoms with Crippen LogP contribution in [0.4, 0.5) is 8.78 Å². The first-order valence-corrected chi connectivity index (χ1v) is 11.0. The fraction of sp³-hybridized carbons (Fsp3) is 0.261. The summed E-state index contributed by atoms with van der Waals surface area (Å²) in [6.07, 6.45) is 2.65. The minimum absolute atomic E-state index is 0.0331. The highest BCUT2D eigenvalue weighted by atomic mass is 32.1. The predicted molar refractivity (Wildman–Crippen MR) is 116 cm³/mol. The molecule has 5 heterocycles. The Bertz CT molecular complexity index is 1280. The van der Waals surface area contributed by atoms with Gasteiger partial charge in [-0.15, -0.1) is 20.1 Å². The number of benzene rings is 1. The molecule has 1 aromatic carbocycles. The molecular formula is C23H19F2N3O2S. The molecule has 0 aliphatic carbocycles. The fourth-order valence-electron chi connectivity index (χ4n) is 4.27. The standard InChI is InChI=1S/C23H19F2N3O2S/c24-23(25)29-19-5-3-14(10-20(19)30-23)18-12-27-22-17(18)9-15(11-26-22)21-6-4-16(31-21)13-28-7-1-2-8-28/h3-6,9-12H,1-2,7-8,13H2,(H,26,27). The highest BCUT2D eigenvalue weighted by Crippen LogP contribution is 2.44. The van der Waals surface area contributed by atoms with E-state index in [0.29, 0.717) is 0 Å². The second-order valence-electron chi connectivity index (χ2n) is 7.90. The molecule has 31 heavy (non-hydrogen) atoms. The van der Waals surface area contributed by atoms with Crippen LogP contribution in [-0.2, 0) is 6.54 Å². The molecule has 6 rings (SSSR count). The first kappa shape index (κ1) is 18.8. The number of likely N-dealkylation sites (tertiary alicyclic amines) is 1. The highest BCUT2D eigenvalue weighted by molar-refractivity contribution is 7.15. The van der Waals surface area contributed by atoms with Crippen LogP contribution in [-0.4, -0.2) is 34.3 Å². The molecule has 0 amide bonds. The quantitative estimate of drug-likeness (QED) is 0.432. The van der Waals surface area contributed by atoms with Gasteiger partial charge in [0.15, 0.2) is 11.5 Å². The second-order valence-corrected chi connectivity index (χ2v) is 9.07. The van der Waals surface area contributed by atoms with Crippen molar-refractivity contribution < 1.29 is 18.3 Å². The van der Waals surface area contributed by atoms with Crippen molar-refractivity contribution in [1.82, 2.24) is 14.9 Å². The SMILES string of the molecule is FC1(F)Oc2ccc(-c3c[nH]c4ncc(-c5ccc(CN6CCCC6)s5)cc34)cc2O1. The van der Waals surface area contributed by atoms with E-state index in [1.807, 2.05) is 12.4 Å². The molecule has 1 N–H and O–H groups in total. The highest BCUT2D eigenvalue weighted by Gasteiger charge is 2.43. The maximum Gasteiger partial charge on any atom is 0.586 e. The van der Waals surface area contributed by atoms with Gasteiger partial charge in [-0.05, 0) is 61.8 Å². The van der Waals surface area contributed by atoms with Crippen LogP contribution < -0.4 is 9.47 Å². The van der Waals surface area contributed by atoms with E-state index in [1.165, 1.54) is 41.8 Å². The molecule has 1 saturated heterocycles.